The Morgan fingerprint density at radius 1 is 1.11 bits per heavy atom. The first-order valence-corrected chi connectivity index (χ1v) is 12.2. The van der Waals surface area contributed by atoms with E-state index in [9.17, 15) is 4.79 Å². The summed E-state index contributed by atoms with van der Waals surface area (Å²) in [5.41, 5.74) is 3.05. The molecule has 3 N–H and O–H groups in total. The smallest absolute Gasteiger partial charge is 0.257 e. The first-order chi connectivity index (χ1) is 17.1. The van der Waals surface area contributed by atoms with Gasteiger partial charge in [-0.25, -0.2) is 15.0 Å². The first-order valence-electron chi connectivity index (χ1n) is 11.0. The Hall–Kier alpha value is -3.89. The van der Waals surface area contributed by atoms with Crippen LogP contribution in [0.15, 0.2) is 77.0 Å². The highest BCUT2D eigenvalue weighted by Gasteiger charge is 2.25. The third-order valence-corrected chi connectivity index (χ3v) is 6.69. The highest BCUT2D eigenvalue weighted by molar-refractivity contribution is 7.99. The third kappa shape index (κ3) is 4.84. The summed E-state index contributed by atoms with van der Waals surface area (Å²) < 4.78 is 1.89. The molecule has 6 rings (SSSR count). The van der Waals surface area contributed by atoms with Crippen molar-refractivity contribution in [3.05, 3.63) is 83.5 Å². The largest absolute Gasteiger partial charge is 0.322 e. The highest BCUT2D eigenvalue weighted by atomic mass is 35.5. The number of carbonyl (C=O) groups excluding carboxylic acids is 1. The average molecular weight is 503 g/mol. The van der Waals surface area contributed by atoms with E-state index in [4.69, 9.17) is 16.6 Å². The molecule has 35 heavy (non-hydrogen) atoms. The maximum absolute atomic E-state index is 12.4. The standard InChI is InChI=1S/C24H19ClN8OS/c25-19-8-3-15(13-27-19)23(34)28-16-4-6-17(7-5-16)35-22-12-21-26-9-10-33(21)24(30-22)29-20-11-18(31-32-20)14-1-2-14/h3-14H,1-2H2,(H,28,34)(H2,29,30,31,32). The van der Waals surface area contributed by atoms with Gasteiger partial charge in [0, 0.05) is 52.9 Å². The van der Waals surface area contributed by atoms with Gasteiger partial charge in [0.05, 0.1) is 5.56 Å². The molecule has 0 radical (unpaired) electrons. The van der Waals surface area contributed by atoms with E-state index in [1.807, 2.05) is 47.0 Å². The Balaban J connectivity index is 1.18. The zero-order valence-corrected chi connectivity index (χ0v) is 19.8. The molecule has 1 aromatic carbocycles. The first kappa shape index (κ1) is 21.6. The lowest BCUT2D eigenvalue weighted by molar-refractivity contribution is 0.102. The molecule has 9 nitrogen and oxygen atoms in total. The predicted molar refractivity (Wildman–Crippen MR) is 135 cm³/mol. The number of halogens is 1. The lowest BCUT2D eigenvalue weighted by Gasteiger charge is -2.09. The fourth-order valence-electron chi connectivity index (χ4n) is 3.60. The number of amides is 1. The molecule has 0 unspecified atom stereocenters. The minimum Gasteiger partial charge on any atom is -0.322 e. The Morgan fingerprint density at radius 2 is 1.97 bits per heavy atom. The molecule has 4 heterocycles. The Morgan fingerprint density at radius 3 is 2.74 bits per heavy atom. The van der Waals surface area contributed by atoms with Crippen molar-refractivity contribution >= 4 is 52.4 Å². The van der Waals surface area contributed by atoms with Crippen LogP contribution in [-0.2, 0) is 0 Å². The molecule has 4 aromatic heterocycles. The number of hydrogen-bond acceptors (Lipinski definition) is 7. The zero-order chi connectivity index (χ0) is 23.8. The van der Waals surface area contributed by atoms with E-state index in [1.165, 1.54) is 30.8 Å². The molecule has 0 bridgehead atoms. The van der Waals surface area contributed by atoms with Crippen LogP contribution in [0.5, 0.6) is 0 Å². The molecule has 0 atom stereocenters. The van der Waals surface area contributed by atoms with Crippen LogP contribution >= 0.6 is 23.4 Å². The van der Waals surface area contributed by atoms with Crippen LogP contribution in [0.25, 0.3) is 5.65 Å². The summed E-state index contributed by atoms with van der Waals surface area (Å²) in [5, 5.41) is 14.8. The molecule has 11 heteroatoms. The fraction of sp³-hybridized carbons (Fsp3) is 0.125. The van der Waals surface area contributed by atoms with Gasteiger partial charge in [0.25, 0.3) is 5.91 Å². The minimum atomic E-state index is -0.250. The number of pyridine rings is 1. The Labute approximate surface area is 209 Å². The van der Waals surface area contributed by atoms with Gasteiger partial charge < -0.3 is 10.6 Å². The van der Waals surface area contributed by atoms with Gasteiger partial charge in [-0.1, -0.05) is 23.4 Å². The number of rotatable bonds is 7. The van der Waals surface area contributed by atoms with Crippen molar-refractivity contribution in [3.8, 4) is 0 Å². The van der Waals surface area contributed by atoms with Gasteiger partial charge in [0.1, 0.15) is 15.8 Å². The molecule has 174 valence electrons. The number of anilines is 3. The van der Waals surface area contributed by atoms with Gasteiger partial charge in [0.2, 0.25) is 5.95 Å². The van der Waals surface area contributed by atoms with Crippen molar-refractivity contribution in [3.63, 3.8) is 0 Å². The maximum atomic E-state index is 12.4. The molecular formula is C24H19ClN8OS. The molecule has 1 aliphatic carbocycles. The number of aromatic nitrogens is 6. The van der Waals surface area contributed by atoms with Crippen LogP contribution in [0.4, 0.5) is 17.5 Å². The van der Waals surface area contributed by atoms with E-state index in [2.05, 4.69) is 30.8 Å². The number of imidazole rings is 1. The normalized spacial score (nSPS) is 13.2. The summed E-state index contributed by atoms with van der Waals surface area (Å²) >= 11 is 7.29. The summed E-state index contributed by atoms with van der Waals surface area (Å²) in [6.07, 6.45) is 7.46. The van der Waals surface area contributed by atoms with Crippen LogP contribution in [0, 0.1) is 0 Å². The summed E-state index contributed by atoms with van der Waals surface area (Å²) in [4.78, 5) is 26.5. The van der Waals surface area contributed by atoms with Crippen LogP contribution in [0.2, 0.25) is 5.15 Å². The average Bonchev–Trinajstić information content (AvgIpc) is 3.41. The Kier molecular flexibility index (Phi) is 5.59. The third-order valence-electron chi connectivity index (χ3n) is 5.55. The van der Waals surface area contributed by atoms with Crippen LogP contribution < -0.4 is 10.6 Å². The van der Waals surface area contributed by atoms with Crippen molar-refractivity contribution in [2.75, 3.05) is 10.6 Å². The molecule has 0 spiro atoms. The summed E-state index contributed by atoms with van der Waals surface area (Å²) in [5.74, 6) is 1.71. The van der Waals surface area contributed by atoms with Crippen LogP contribution in [-0.4, -0.2) is 35.5 Å². The van der Waals surface area contributed by atoms with E-state index in [-0.39, 0.29) is 5.91 Å². The van der Waals surface area contributed by atoms with Gasteiger partial charge >= 0.3 is 0 Å². The van der Waals surface area contributed by atoms with Gasteiger partial charge in [-0.15, -0.1) is 0 Å². The Bertz CT molecular complexity index is 1510. The number of fused-ring (bicyclic) bond motifs is 1. The predicted octanol–water partition coefficient (Wildman–Crippen LogP) is 5.53. The van der Waals surface area contributed by atoms with Gasteiger partial charge in [0.15, 0.2) is 5.82 Å². The molecular weight excluding hydrogens is 484 g/mol. The molecule has 1 aliphatic rings. The van der Waals surface area contributed by atoms with Crippen molar-refractivity contribution in [1.29, 1.82) is 0 Å². The van der Waals surface area contributed by atoms with E-state index in [1.54, 1.807) is 18.3 Å². The number of nitrogens with zero attached hydrogens (tertiary/aromatic N) is 5. The monoisotopic (exact) mass is 502 g/mol. The molecule has 1 fully saturated rings. The van der Waals surface area contributed by atoms with E-state index < -0.39 is 0 Å². The van der Waals surface area contributed by atoms with Crippen molar-refractivity contribution in [2.45, 2.75) is 28.7 Å². The minimum absolute atomic E-state index is 0.250. The highest BCUT2D eigenvalue weighted by Crippen LogP contribution is 2.39. The maximum Gasteiger partial charge on any atom is 0.257 e. The summed E-state index contributed by atoms with van der Waals surface area (Å²) in [7, 11) is 0. The fourth-order valence-corrected chi connectivity index (χ4v) is 4.52. The van der Waals surface area contributed by atoms with Crippen LogP contribution in [0.1, 0.15) is 34.8 Å². The molecule has 5 aromatic rings. The number of carbonyl (C=O) groups is 1. The van der Waals surface area contributed by atoms with Crippen molar-refractivity contribution in [1.82, 2.24) is 29.5 Å². The van der Waals surface area contributed by atoms with Gasteiger partial charge in [-0.05, 0) is 49.2 Å². The second kappa shape index (κ2) is 9.05. The van der Waals surface area contributed by atoms with E-state index >= 15 is 0 Å². The van der Waals surface area contributed by atoms with Crippen molar-refractivity contribution in [2.24, 2.45) is 0 Å². The number of H-pyrrole nitrogens is 1. The zero-order valence-electron chi connectivity index (χ0n) is 18.3. The number of nitrogens with one attached hydrogen (secondary N) is 3. The second-order valence-corrected chi connectivity index (χ2v) is 9.61. The van der Waals surface area contributed by atoms with E-state index in [0.717, 1.165) is 27.1 Å². The van der Waals surface area contributed by atoms with E-state index in [0.29, 0.717) is 28.3 Å². The van der Waals surface area contributed by atoms with Crippen LogP contribution in [0.3, 0.4) is 0 Å². The summed E-state index contributed by atoms with van der Waals surface area (Å²) in [6.45, 7) is 0. The molecule has 1 amide bonds. The SMILES string of the molecule is O=C(Nc1ccc(Sc2cc3nccn3c(Nc3cc(C4CC4)[nH]n3)n2)cc1)c1ccc(Cl)nc1. The topological polar surface area (TPSA) is 113 Å². The second-order valence-electron chi connectivity index (χ2n) is 8.13. The molecule has 0 saturated heterocycles. The lowest BCUT2D eigenvalue weighted by atomic mass is 10.2. The van der Waals surface area contributed by atoms with Gasteiger partial charge in [-0.2, -0.15) is 5.10 Å². The quantitative estimate of drug-likeness (QED) is 0.198. The summed E-state index contributed by atoms with van der Waals surface area (Å²) in [6, 6.07) is 14.7. The number of aromatic amines is 1. The van der Waals surface area contributed by atoms with Crippen molar-refractivity contribution < 1.29 is 4.79 Å². The number of benzene rings is 1. The number of hydrogen-bond donors (Lipinski definition) is 3. The molecule has 1 saturated carbocycles. The lowest BCUT2D eigenvalue weighted by Crippen LogP contribution is -2.11. The molecule has 0 aliphatic heterocycles. The van der Waals surface area contributed by atoms with Gasteiger partial charge in [-0.3, -0.25) is 14.3 Å².